The van der Waals surface area contributed by atoms with Gasteiger partial charge in [0.25, 0.3) is 0 Å². The van der Waals surface area contributed by atoms with Gasteiger partial charge >= 0.3 is 0 Å². The smallest absolute Gasteiger partial charge is 0.110 e. The van der Waals surface area contributed by atoms with Gasteiger partial charge in [0.15, 0.2) is 0 Å². The maximum absolute atomic E-state index is 4.25. The zero-order valence-electron chi connectivity index (χ0n) is 8.47. The monoisotopic (exact) mass is 269 g/mol. The summed E-state index contributed by atoms with van der Waals surface area (Å²) in [6.45, 7) is 0.810. The minimum absolute atomic E-state index is 0.745. The van der Waals surface area contributed by atoms with Crippen LogP contribution in [0.4, 0.5) is 0 Å². The van der Waals surface area contributed by atoms with Crippen LogP contribution in [0.15, 0.2) is 18.6 Å². The van der Waals surface area contributed by atoms with Crippen LogP contribution in [0.2, 0.25) is 0 Å². The number of imidazole rings is 1. The number of nitrogens with zero attached hydrogens (tertiary/aromatic N) is 5. The first kappa shape index (κ1) is 10.4. The van der Waals surface area contributed by atoms with Crippen molar-refractivity contribution < 1.29 is 0 Å². The third kappa shape index (κ3) is 2.44. The standard InChI is InChI=1S/C9H12BrN5/c1-14-5-3-11-9(14)2-4-15-7-8(6-10)12-13-15/h3,5,7H,2,4,6H2,1H3. The number of rotatable bonds is 4. The summed E-state index contributed by atoms with van der Waals surface area (Å²) >= 11 is 3.34. The van der Waals surface area contributed by atoms with Crippen molar-refractivity contribution in [1.82, 2.24) is 24.5 Å². The van der Waals surface area contributed by atoms with E-state index >= 15 is 0 Å². The number of hydrogen-bond donors (Lipinski definition) is 0. The van der Waals surface area contributed by atoms with Gasteiger partial charge in [-0.05, 0) is 0 Å². The molecular weight excluding hydrogens is 258 g/mol. The Morgan fingerprint density at radius 3 is 2.93 bits per heavy atom. The van der Waals surface area contributed by atoms with E-state index in [0.717, 1.165) is 29.8 Å². The zero-order chi connectivity index (χ0) is 10.7. The van der Waals surface area contributed by atoms with Crippen LogP contribution in [0.1, 0.15) is 11.5 Å². The lowest BCUT2D eigenvalue weighted by molar-refractivity contribution is 0.569. The minimum Gasteiger partial charge on any atom is -0.338 e. The second kappa shape index (κ2) is 4.57. The number of aryl methyl sites for hydroxylation is 3. The Labute approximate surface area is 96.2 Å². The van der Waals surface area contributed by atoms with Crippen molar-refractivity contribution in [2.75, 3.05) is 0 Å². The minimum atomic E-state index is 0.745. The van der Waals surface area contributed by atoms with Crippen molar-refractivity contribution in [2.24, 2.45) is 7.05 Å². The predicted octanol–water partition coefficient (Wildman–Crippen LogP) is 1.15. The molecule has 2 heterocycles. The van der Waals surface area contributed by atoms with E-state index in [-0.39, 0.29) is 0 Å². The second-order valence-corrected chi connectivity index (χ2v) is 3.87. The summed E-state index contributed by atoms with van der Waals surface area (Å²) in [5, 5.41) is 8.76. The van der Waals surface area contributed by atoms with Crippen molar-refractivity contribution >= 4 is 15.9 Å². The fourth-order valence-corrected chi connectivity index (χ4v) is 1.62. The molecule has 0 aliphatic carbocycles. The molecule has 0 saturated carbocycles. The number of hydrogen-bond acceptors (Lipinski definition) is 3. The molecule has 0 saturated heterocycles. The van der Waals surface area contributed by atoms with Gasteiger partial charge in [-0.25, -0.2) is 4.98 Å². The maximum atomic E-state index is 4.25. The van der Waals surface area contributed by atoms with Gasteiger partial charge in [-0.1, -0.05) is 21.1 Å². The van der Waals surface area contributed by atoms with Crippen LogP contribution in [0.5, 0.6) is 0 Å². The van der Waals surface area contributed by atoms with E-state index in [1.54, 1.807) is 6.20 Å². The van der Waals surface area contributed by atoms with Gasteiger partial charge in [0.1, 0.15) is 5.82 Å². The van der Waals surface area contributed by atoms with Gasteiger partial charge in [-0.3, -0.25) is 4.68 Å². The highest BCUT2D eigenvalue weighted by molar-refractivity contribution is 9.08. The van der Waals surface area contributed by atoms with E-state index in [0.29, 0.717) is 0 Å². The van der Waals surface area contributed by atoms with Crippen LogP contribution in [0, 0.1) is 0 Å². The molecule has 2 aromatic heterocycles. The molecule has 0 amide bonds. The molecule has 0 unspecified atom stereocenters. The van der Waals surface area contributed by atoms with Crippen molar-refractivity contribution in [2.45, 2.75) is 18.3 Å². The first-order chi connectivity index (χ1) is 7.29. The first-order valence-corrected chi connectivity index (χ1v) is 5.83. The Morgan fingerprint density at radius 2 is 2.33 bits per heavy atom. The number of halogens is 1. The maximum Gasteiger partial charge on any atom is 0.110 e. The summed E-state index contributed by atoms with van der Waals surface area (Å²) in [6.07, 6.45) is 6.56. The molecule has 2 rings (SSSR count). The van der Waals surface area contributed by atoms with E-state index < -0.39 is 0 Å². The third-order valence-corrected chi connectivity index (χ3v) is 2.78. The van der Waals surface area contributed by atoms with Crippen LogP contribution in [-0.2, 0) is 25.3 Å². The van der Waals surface area contributed by atoms with E-state index in [9.17, 15) is 0 Å². The molecule has 0 fully saturated rings. The molecule has 0 bridgehead atoms. The summed E-state index contributed by atoms with van der Waals surface area (Å²) < 4.78 is 3.85. The van der Waals surface area contributed by atoms with Crippen LogP contribution in [-0.4, -0.2) is 24.5 Å². The van der Waals surface area contributed by atoms with Crippen molar-refractivity contribution in [3.05, 3.63) is 30.1 Å². The molecule has 6 heteroatoms. The first-order valence-electron chi connectivity index (χ1n) is 4.71. The molecule has 0 N–H and O–H groups in total. The molecule has 2 aromatic rings. The van der Waals surface area contributed by atoms with Gasteiger partial charge in [0, 0.05) is 43.9 Å². The molecule has 15 heavy (non-hydrogen) atoms. The lowest BCUT2D eigenvalue weighted by atomic mass is 10.4. The van der Waals surface area contributed by atoms with Gasteiger partial charge in [-0.15, -0.1) is 5.10 Å². The quantitative estimate of drug-likeness (QED) is 0.783. The van der Waals surface area contributed by atoms with Gasteiger partial charge in [0.2, 0.25) is 0 Å². The van der Waals surface area contributed by atoms with E-state index in [4.69, 9.17) is 0 Å². The highest BCUT2D eigenvalue weighted by Gasteiger charge is 2.02. The Bertz CT molecular complexity index is 433. The summed E-state index contributed by atoms with van der Waals surface area (Å²) in [5.41, 5.74) is 0.954. The third-order valence-electron chi connectivity index (χ3n) is 2.21. The molecule has 0 atom stereocenters. The average molecular weight is 270 g/mol. The number of alkyl halides is 1. The molecule has 0 aromatic carbocycles. The Hall–Kier alpha value is -1.17. The van der Waals surface area contributed by atoms with E-state index in [2.05, 4.69) is 31.2 Å². The Balaban J connectivity index is 1.96. The largest absolute Gasteiger partial charge is 0.338 e. The number of aromatic nitrogens is 5. The van der Waals surface area contributed by atoms with Crippen molar-refractivity contribution in [1.29, 1.82) is 0 Å². The molecule has 0 spiro atoms. The van der Waals surface area contributed by atoms with Gasteiger partial charge in [-0.2, -0.15) is 0 Å². The summed E-state index contributed by atoms with van der Waals surface area (Å²) in [7, 11) is 1.99. The summed E-state index contributed by atoms with van der Waals surface area (Å²) in [4.78, 5) is 4.25. The topological polar surface area (TPSA) is 48.5 Å². The van der Waals surface area contributed by atoms with Crippen LogP contribution in [0.25, 0.3) is 0 Å². The lowest BCUT2D eigenvalue weighted by Crippen LogP contribution is -2.06. The fraction of sp³-hybridized carbons (Fsp3) is 0.444. The molecule has 0 aliphatic heterocycles. The van der Waals surface area contributed by atoms with Gasteiger partial charge < -0.3 is 4.57 Å². The highest BCUT2D eigenvalue weighted by atomic mass is 79.9. The zero-order valence-corrected chi connectivity index (χ0v) is 10.1. The molecule has 0 radical (unpaired) electrons. The van der Waals surface area contributed by atoms with Crippen molar-refractivity contribution in [3.8, 4) is 0 Å². The SMILES string of the molecule is Cn1ccnc1CCn1cc(CBr)nn1. The molecule has 80 valence electrons. The summed E-state index contributed by atoms with van der Waals surface area (Å²) in [5.74, 6) is 1.06. The van der Waals surface area contributed by atoms with E-state index in [1.165, 1.54) is 0 Å². The Kier molecular flexibility index (Phi) is 3.15. The molecule has 0 aliphatic rings. The highest BCUT2D eigenvalue weighted by Crippen LogP contribution is 2.01. The molecular formula is C9H12BrN5. The van der Waals surface area contributed by atoms with E-state index in [1.807, 2.05) is 28.7 Å². The van der Waals surface area contributed by atoms with Crippen molar-refractivity contribution in [3.63, 3.8) is 0 Å². The van der Waals surface area contributed by atoms with Gasteiger partial charge in [0.05, 0.1) is 5.69 Å². The lowest BCUT2D eigenvalue weighted by Gasteiger charge is -2.00. The predicted molar refractivity (Wildman–Crippen MR) is 59.6 cm³/mol. The second-order valence-electron chi connectivity index (χ2n) is 3.31. The summed E-state index contributed by atoms with van der Waals surface area (Å²) in [6, 6.07) is 0. The normalized spacial score (nSPS) is 10.8. The molecule has 5 nitrogen and oxygen atoms in total. The van der Waals surface area contributed by atoms with Crippen LogP contribution >= 0.6 is 15.9 Å². The van der Waals surface area contributed by atoms with Crippen LogP contribution in [0.3, 0.4) is 0 Å². The average Bonchev–Trinajstić information content (AvgIpc) is 2.84. The Morgan fingerprint density at radius 1 is 1.47 bits per heavy atom. The fourth-order valence-electron chi connectivity index (χ4n) is 1.36. The van der Waals surface area contributed by atoms with Crippen LogP contribution < -0.4 is 0 Å².